The monoisotopic (exact) mass is 382 g/mol. The third-order valence-corrected chi connectivity index (χ3v) is 5.61. The van der Waals surface area contributed by atoms with Crippen LogP contribution in [0.4, 0.5) is 11.4 Å². The van der Waals surface area contributed by atoms with E-state index in [9.17, 15) is 13.2 Å². The maximum Gasteiger partial charge on any atom is 0.275 e. The fourth-order valence-electron chi connectivity index (χ4n) is 2.04. The quantitative estimate of drug-likeness (QED) is 0.616. The van der Waals surface area contributed by atoms with Crippen LogP contribution in [0.2, 0.25) is 0 Å². The first-order valence-electron chi connectivity index (χ1n) is 8.00. The van der Waals surface area contributed by atoms with Gasteiger partial charge >= 0.3 is 0 Å². The van der Waals surface area contributed by atoms with Crippen LogP contribution in [-0.2, 0) is 16.4 Å². The van der Waals surface area contributed by atoms with Crippen molar-refractivity contribution in [2.75, 3.05) is 22.3 Å². The molecule has 9 heteroatoms. The summed E-state index contributed by atoms with van der Waals surface area (Å²) in [4.78, 5) is 16.4. The van der Waals surface area contributed by atoms with E-state index in [1.807, 2.05) is 6.92 Å². The molecule has 0 spiro atoms. The second kappa shape index (κ2) is 8.93. The number of unbranched alkanes of at least 4 members (excludes halogenated alkanes) is 1. The molecule has 7 nitrogen and oxygen atoms in total. The summed E-state index contributed by atoms with van der Waals surface area (Å²) in [6, 6.07) is 6.51. The lowest BCUT2D eigenvalue weighted by molar-refractivity contribution is 0.102. The van der Waals surface area contributed by atoms with E-state index in [4.69, 9.17) is 5.73 Å². The van der Waals surface area contributed by atoms with Crippen LogP contribution in [-0.4, -0.2) is 31.6 Å². The number of nitrogens with zero attached hydrogens (tertiary/aromatic N) is 1. The third-order valence-electron chi connectivity index (χ3n) is 3.33. The van der Waals surface area contributed by atoms with Crippen LogP contribution in [0.25, 0.3) is 0 Å². The van der Waals surface area contributed by atoms with Crippen molar-refractivity contribution in [3.05, 3.63) is 40.3 Å². The maximum absolute atomic E-state index is 12.2. The van der Waals surface area contributed by atoms with Gasteiger partial charge in [0.25, 0.3) is 5.91 Å². The van der Waals surface area contributed by atoms with Crippen LogP contribution >= 0.6 is 11.3 Å². The molecule has 0 radical (unpaired) electrons. The molecule has 0 atom stereocenters. The second-order valence-corrected chi connectivity index (χ2v) is 8.26. The lowest BCUT2D eigenvalue weighted by atomic mass is 10.3. The number of amides is 1. The lowest BCUT2D eigenvalue weighted by Gasteiger charge is -2.09. The predicted octanol–water partition coefficient (Wildman–Crippen LogP) is 2.44. The number of hydrogen-bond donors (Lipinski definition) is 3. The van der Waals surface area contributed by atoms with E-state index >= 15 is 0 Å². The standard InChI is InChI=1S/C16H22N4O3S2/c1-2-3-10-25(22,23)20-13-6-4-12(5-7-13)18-16(21)14-11-24-15(19-14)8-9-17/h4-7,11,20H,2-3,8-10,17H2,1H3,(H,18,21). The second-order valence-electron chi connectivity index (χ2n) is 5.47. The zero-order valence-electron chi connectivity index (χ0n) is 14.0. The van der Waals surface area contributed by atoms with Crippen LogP contribution < -0.4 is 15.8 Å². The highest BCUT2D eigenvalue weighted by Crippen LogP contribution is 2.17. The molecule has 0 saturated heterocycles. The van der Waals surface area contributed by atoms with Gasteiger partial charge in [0.05, 0.1) is 10.8 Å². The topological polar surface area (TPSA) is 114 Å². The van der Waals surface area contributed by atoms with Crippen molar-refractivity contribution in [3.63, 3.8) is 0 Å². The van der Waals surface area contributed by atoms with Crippen molar-refractivity contribution in [1.29, 1.82) is 0 Å². The third kappa shape index (κ3) is 6.11. The molecule has 0 fully saturated rings. The highest BCUT2D eigenvalue weighted by atomic mass is 32.2. The molecule has 1 aromatic heterocycles. The minimum Gasteiger partial charge on any atom is -0.330 e. The molecule has 0 saturated carbocycles. The SMILES string of the molecule is CCCCS(=O)(=O)Nc1ccc(NC(=O)c2csc(CCN)n2)cc1. The largest absolute Gasteiger partial charge is 0.330 e. The molecular formula is C16H22N4O3S2. The molecular weight excluding hydrogens is 360 g/mol. The summed E-state index contributed by atoms with van der Waals surface area (Å²) >= 11 is 1.40. The Morgan fingerprint density at radius 3 is 2.56 bits per heavy atom. The van der Waals surface area contributed by atoms with Gasteiger partial charge in [0.2, 0.25) is 10.0 Å². The van der Waals surface area contributed by atoms with Crippen LogP contribution in [0, 0.1) is 0 Å². The van der Waals surface area contributed by atoms with Crippen molar-refractivity contribution >= 4 is 38.6 Å². The van der Waals surface area contributed by atoms with E-state index in [0.717, 1.165) is 11.4 Å². The minimum atomic E-state index is -3.33. The molecule has 2 aromatic rings. The molecule has 25 heavy (non-hydrogen) atoms. The number of benzene rings is 1. The zero-order valence-corrected chi connectivity index (χ0v) is 15.6. The first kappa shape index (κ1) is 19.4. The molecule has 1 amide bonds. The van der Waals surface area contributed by atoms with Gasteiger partial charge in [0.15, 0.2) is 0 Å². The van der Waals surface area contributed by atoms with Gasteiger partial charge < -0.3 is 11.1 Å². The van der Waals surface area contributed by atoms with Crippen molar-refractivity contribution in [2.24, 2.45) is 5.73 Å². The number of carbonyl (C=O) groups excluding carboxylic acids is 1. The molecule has 2 rings (SSSR count). The van der Waals surface area contributed by atoms with Crippen molar-refractivity contribution in [2.45, 2.75) is 26.2 Å². The summed E-state index contributed by atoms with van der Waals surface area (Å²) in [6.45, 7) is 2.43. The zero-order chi connectivity index (χ0) is 18.3. The number of carbonyl (C=O) groups is 1. The van der Waals surface area contributed by atoms with E-state index < -0.39 is 10.0 Å². The van der Waals surface area contributed by atoms with Gasteiger partial charge in [0, 0.05) is 23.2 Å². The Morgan fingerprint density at radius 1 is 1.24 bits per heavy atom. The Kier molecular flexibility index (Phi) is 6.91. The maximum atomic E-state index is 12.2. The average molecular weight is 383 g/mol. The van der Waals surface area contributed by atoms with Crippen LogP contribution in [0.1, 0.15) is 35.3 Å². The van der Waals surface area contributed by atoms with Gasteiger partial charge in [-0.25, -0.2) is 13.4 Å². The molecule has 0 bridgehead atoms. The summed E-state index contributed by atoms with van der Waals surface area (Å²) in [6.07, 6.45) is 2.07. The number of anilines is 2. The molecule has 1 aromatic carbocycles. The van der Waals surface area contributed by atoms with E-state index in [0.29, 0.717) is 36.5 Å². The van der Waals surface area contributed by atoms with Crippen molar-refractivity contribution in [3.8, 4) is 0 Å². The average Bonchev–Trinajstić information content (AvgIpc) is 3.04. The molecule has 0 aliphatic heterocycles. The van der Waals surface area contributed by atoms with Crippen molar-refractivity contribution in [1.82, 2.24) is 4.98 Å². The van der Waals surface area contributed by atoms with Gasteiger partial charge in [-0.15, -0.1) is 11.3 Å². The lowest BCUT2D eigenvalue weighted by Crippen LogP contribution is -2.16. The molecule has 0 aliphatic rings. The number of thiazole rings is 1. The van der Waals surface area contributed by atoms with Gasteiger partial charge in [0.1, 0.15) is 5.69 Å². The van der Waals surface area contributed by atoms with Gasteiger partial charge in [-0.05, 0) is 37.2 Å². The van der Waals surface area contributed by atoms with E-state index in [1.54, 1.807) is 29.6 Å². The van der Waals surface area contributed by atoms with Gasteiger partial charge in [-0.1, -0.05) is 13.3 Å². The fourth-order valence-corrected chi connectivity index (χ4v) is 4.10. The summed E-state index contributed by atoms with van der Waals surface area (Å²) in [7, 11) is -3.33. The Bertz CT molecular complexity index is 801. The molecule has 4 N–H and O–H groups in total. The van der Waals surface area contributed by atoms with Gasteiger partial charge in [-0.3, -0.25) is 9.52 Å². The predicted molar refractivity (Wildman–Crippen MR) is 102 cm³/mol. The Labute approximate surface area is 151 Å². The van der Waals surface area contributed by atoms with Crippen molar-refractivity contribution < 1.29 is 13.2 Å². The fraction of sp³-hybridized carbons (Fsp3) is 0.375. The highest BCUT2D eigenvalue weighted by Gasteiger charge is 2.12. The first-order valence-corrected chi connectivity index (χ1v) is 10.5. The molecule has 0 aliphatic carbocycles. The number of nitrogens with one attached hydrogen (secondary N) is 2. The number of rotatable bonds is 9. The smallest absolute Gasteiger partial charge is 0.275 e. The van der Waals surface area contributed by atoms with E-state index in [-0.39, 0.29) is 11.7 Å². The van der Waals surface area contributed by atoms with Crippen LogP contribution in [0.3, 0.4) is 0 Å². The minimum absolute atomic E-state index is 0.0942. The number of aromatic nitrogens is 1. The Balaban J connectivity index is 1.96. The highest BCUT2D eigenvalue weighted by molar-refractivity contribution is 7.92. The Hall–Kier alpha value is -1.97. The first-order chi connectivity index (χ1) is 11.9. The molecule has 136 valence electrons. The molecule has 0 unspecified atom stereocenters. The Morgan fingerprint density at radius 2 is 1.92 bits per heavy atom. The summed E-state index contributed by atoms with van der Waals surface area (Å²) in [5.41, 5.74) is 6.85. The normalized spacial score (nSPS) is 11.3. The van der Waals surface area contributed by atoms with Crippen LogP contribution in [0.15, 0.2) is 29.6 Å². The summed E-state index contributed by atoms with van der Waals surface area (Å²) < 4.78 is 26.3. The molecule has 1 heterocycles. The number of nitrogens with two attached hydrogens (primary N) is 1. The van der Waals surface area contributed by atoms with Crippen LogP contribution in [0.5, 0.6) is 0 Å². The van der Waals surface area contributed by atoms with E-state index in [1.165, 1.54) is 11.3 Å². The summed E-state index contributed by atoms with van der Waals surface area (Å²) in [5, 5.41) is 5.25. The number of hydrogen-bond acceptors (Lipinski definition) is 6. The summed E-state index contributed by atoms with van der Waals surface area (Å²) in [5.74, 6) is -0.215. The number of sulfonamides is 1. The van der Waals surface area contributed by atoms with Gasteiger partial charge in [-0.2, -0.15) is 0 Å². The van der Waals surface area contributed by atoms with E-state index in [2.05, 4.69) is 15.0 Å².